The molecule has 3 heteroatoms. The molecule has 3 rings (SSSR count). The molecule has 0 unspecified atom stereocenters. The Balaban J connectivity index is 1.59. The van der Waals surface area contributed by atoms with E-state index >= 15 is 0 Å². The normalized spacial score (nSPS) is 19.2. The fraction of sp³-hybridized carbons (Fsp3) is 0.692. The molecule has 86 valence electrons. The average Bonchev–Trinajstić information content (AvgIpc) is 2.70. The van der Waals surface area contributed by atoms with E-state index in [4.69, 9.17) is 0 Å². The molecule has 3 nitrogen and oxygen atoms in total. The minimum atomic E-state index is 0.974. The molecule has 16 heavy (non-hydrogen) atoms. The minimum absolute atomic E-state index is 0.974. The number of hydrogen-bond donors (Lipinski definition) is 1. The van der Waals surface area contributed by atoms with Gasteiger partial charge in [-0.3, -0.25) is 0 Å². The van der Waals surface area contributed by atoms with Crippen molar-refractivity contribution in [1.82, 2.24) is 9.97 Å². The molecule has 1 N–H and O–H groups in total. The third-order valence-electron chi connectivity index (χ3n) is 3.94. The van der Waals surface area contributed by atoms with Gasteiger partial charge in [-0.2, -0.15) is 0 Å². The Morgan fingerprint density at radius 2 is 2.12 bits per heavy atom. The number of aryl methyl sites for hydroxylation is 1. The number of rotatable bonds is 4. The van der Waals surface area contributed by atoms with Crippen LogP contribution < -0.4 is 5.32 Å². The summed E-state index contributed by atoms with van der Waals surface area (Å²) in [6, 6.07) is 0. The molecular weight excluding hydrogens is 198 g/mol. The monoisotopic (exact) mass is 217 g/mol. The predicted molar refractivity (Wildman–Crippen MR) is 64.5 cm³/mol. The van der Waals surface area contributed by atoms with Crippen molar-refractivity contribution in [2.24, 2.45) is 5.92 Å². The van der Waals surface area contributed by atoms with E-state index in [0.29, 0.717) is 0 Å². The summed E-state index contributed by atoms with van der Waals surface area (Å²) in [4.78, 5) is 8.71. The highest BCUT2D eigenvalue weighted by Crippen LogP contribution is 2.30. The SMILES string of the molecule is c1nc2c(c(NCCC3CCC3)n1)CCC2. The van der Waals surface area contributed by atoms with Crippen molar-refractivity contribution in [2.75, 3.05) is 11.9 Å². The van der Waals surface area contributed by atoms with Crippen LogP contribution in [-0.4, -0.2) is 16.5 Å². The molecule has 1 heterocycles. The summed E-state index contributed by atoms with van der Waals surface area (Å²) in [5.74, 6) is 2.07. The second-order valence-corrected chi connectivity index (χ2v) is 5.01. The largest absolute Gasteiger partial charge is 0.370 e. The molecule has 0 saturated heterocycles. The summed E-state index contributed by atoms with van der Waals surface area (Å²) in [6.45, 7) is 1.08. The summed E-state index contributed by atoms with van der Waals surface area (Å²) in [5, 5.41) is 3.49. The smallest absolute Gasteiger partial charge is 0.132 e. The van der Waals surface area contributed by atoms with Gasteiger partial charge in [-0.05, 0) is 31.6 Å². The van der Waals surface area contributed by atoms with E-state index in [0.717, 1.165) is 31.1 Å². The fourth-order valence-corrected chi connectivity index (χ4v) is 2.69. The van der Waals surface area contributed by atoms with Crippen LogP contribution in [0.3, 0.4) is 0 Å². The standard InChI is InChI=1S/C13H19N3/c1-3-10(4-1)7-8-14-13-11-5-2-6-12(11)15-9-16-13/h9-10H,1-8H2,(H,14,15,16). The van der Waals surface area contributed by atoms with Crippen LogP contribution in [0.15, 0.2) is 6.33 Å². The van der Waals surface area contributed by atoms with E-state index < -0.39 is 0 Å². The van der Waals surface area contributed by atoms with Crippen LogP contribution in [0.1, 0.15) is 43.4 Å². The summed E-state index contributed by atoms with van der Waals surface area (Å²) in [5.41, 5.74) is 2.64. The number of anilines is 1. The van der Waals surface area contributed by atoms with Crippen LogP contribution in [0.5, 0.6) is 0 Å². The van der Waals surface area contributed by atoms with E-state index in [1.165, 1.54) is 43.4 Å². The highest BCUT2D eigenvalue weighted by atomic mass is 15.0. The second kappa shape index (κ2) is 4.40. The highest BCUT2D eigenvalue weighted by molar-refractivity contribution is 5.47. The summed E-state index contributed by atoms with van der Waals surface area (Å²) >= 11 is 0. The number of aromatic nitrogens is 2. The molecule has 0 radical (unpaired) electrons. The highest BCUT2D eigenvalue weighted by Gasteiger charge is 2.19. The van der Waals surface area contributed by atoms with Crippen LogP contribution in [0.25, 0.3) is 0 Å². The molecule has 0 aliphatic heterocycles. The fourth-order valence-electron chi connectivity index (χ4n) is 2.69. The number of nitrogens with one attached hydrogen (secondary N) is 1. The van der Waals surface area contributed by atoms with Crippen molar-refractivity contribution >= 4 is 5.82 Å². The van der Waals surface area contributed by atoms with Crippen LogP contribution in [0.2, 0.25) is 0 Å². The molecule has 1 aromatic rings. The maximum Gasteiger partial charge on any atom is 0.132 e. The van der Waals surface area contributed by atoms with Gasteiger partial charge in [-0.15, -0.1) is 0 Å². The van der Waals surface area contributed by atoms with Gasteiger partial charge in [-0.25, -0.2) is 9.97 Å². The van der Waals surface area contributed by atoms with Crippen molar-refractivity contribution in [2.45, 2.75) is 44.9 Å². The number of hydrogen-bond acceptors (Lipinski definition) is 3. The molecule has 0 bridgehead atoms. The Kier molecular flexibility index (Phi) is 2.77. The lowest BCUT2D eigenvalue weighted by atomic mass is 9.83. The maximum atomic E-state index is 4.37. The lowest BCUT2D eigenvalue weighted by Gasteiger charge is -2.25. The second-order valence-electron chi connectivity index (χ2n) is 5.01. The lowest BCUT2D eigenvalue weighted by Crippen LogP contribution is -2.16. The van der Waals surface area contributed by atoms with Gasteiger partial charge in [0, 0.05) is 17.8 Å². The van der Waals surface area contributed by atoms with Crippen LogP contribution in [-0.2, 0) is 12.8 Å². The zero-order valence-electron chi connectivity index (χ0n) is 9.71. The molecule has 1 fully saturated rings. The first kappa shape index (κ1) is 10.1. The Morgan fingerprint density at radius 1 is 1.19 bits per heavy atom. The molecule has 0 amide bonds. The third kappa shape index (κ3) is 1.91. The van der Waals surface area contributed by atoms with Crippen molar-refractivity contribution in [3.05, 3.63) is 17.6 Å². The van der Waals surface area contributed by atoms with Crippen LogP contribution in [0.4, 0.5) is 5.82 Å². The van der Waals surface area contributed by atoms with Crippen LogP contribution in [0, 0.1) is 5.92 Å². The number of fused-ring (bicyclic) bond motifs is 1. The lowest BCUT2D eigenvalue weighted by molar-refractivity contribution is 0.303. The van der Waals surface area contributed by atoms with E-state index in [2.05, 4.69) is 15.3 Å². The van der Waals surface area contributed by atoms with Crippen molar-refractivity contribution in [3.8, 4) is 0 Å². The molecule has 1 saturated carbocycles. The van der Waals surface area contributed by atoms with Crippen molar-refractivity contribution in [1.29, 1.82) is 0 Å². The summed E-state index contributed by atoms with van der Waals surface area (Å²) in [7, 11) is 0. The predicted octanol–water partition coefficient (Wildman–Crippen LogP) is 2.57. The Bertz CT molecular complexity index is 371. The molecule has 1 aromatic heterocycles. The van der Waals surface area contributed by atoms with E-state index in [1.807, 2.05) is 0 Å². The first-order valence-electron chi connectivity index (χ1n) is 6.50. The maximum absolute atomic E-state index is 4.37. The average molecular weight is 217 g/mol. The Morgan fingerprint density at radius 3 is 2.94 bits per heavy atom. The Hall–Kier alpha value is -1.12. The first-order chi connectivity index (χ1) is 7.93. The van der Waals surface area contributed by atoms with Gasteiger partial charge in [0.1, 0.15) is 12.1 Å². The molecule has 0 aromatic carbocycles. The molecule has 0 spiro atoms. The molecular formula is C13H19N3. The van der Waals surface area contributed by atoms with Gasteiger partial charge < -0.3 is 5.32 Å². The van der Waals surface area contributed by atoms with Crippen molar-refractivity contribution in [3.63, 3.8) is 0 Å². The number of nitrogens with zero attached hydrogens (tertiary/aromatic N) is 2. The van der Waals surface area contributed by atoms with E-state index in [9.17, 15) is 0 Å². The minimum Gasteiger partial charge on any atom is -0.370 e. The molecule has 2 aliphatic carbocycles. The van der Waals surface area contributed by atoms with Crippen LogP contribution >= 0.6 is 0 Å². The summed E-state index contributed by atoms with van der Waals surface area (Å²) < 4.78 is 0. The zero-order chi connectivity index (χ0) is 10.8. The van der Waals surface area contributed by atoms with Gasteiger partial charge >= 0.3 is 0 Å². The molecule has 0 atom stereocenters. The first-order valence-corrected chi connectivity index (χ1v) is 6.50. The molecule has 2 aliphatic rings. The zero-order valence-corrected chi connectivity index (χ0v) is 9.71. The van der Waals surface area contributed by atoms with Gasteiger partial charge in [0.15, 0.2) is 0 Å². The quantitative estimate of drug-likeness (QED) is 0.842. The van der Waals surface area contributed by atoms with Gasteiger partial charge in [0.25, 0.3) is 0 Å². The third-order valence-corrected chi connectivity index (χ3v) is 3.94. The van der Waals surface area contributed by atoms with Gasteiger partial charge in [-0.1, -0.05) is 19.3 Å². The Labute approximate surface area is 96.7 Å². The van der Waals surface area contributed by atoms with Gasteiger partial charge in [0.2, 0.25) is 0 Å². The van der Waals surface area contributed by atoms with E-state index in [1.54, 1.807) is 6.33 Å². The van der Waals surface area contributed by atoms with E-state index in [-0.39, 0.29) is 0 Å². The van der Waals surface area contributed by atoms with Gasteiger partial charge in [0.05, 0.1) is 0 Å². The van der Waals surface area contributed by atoms with Crippen molar-refractivity contribution < 1.29 is 0 Å². The summed E-state index contributed by atoms with van der Waals surface area (Å²) in [6.07, 6.45) is 10.8. The topological polar surface area (TPSA) is 37.8 Å².